The summed E-state index contributed by atoms with van der Waals surface area (Å²) in [7, 11) is 0. The molecule has 0 saturated heterocycles. The molecule has 130 valence electrons. The van der Waals surface area contributed by atoms with Crippen molar-refractivity contribution < 1.29 is 0 Å². The van der Waals surface area contributed by atoms with Crippen molar-refractivity contribution in [2.75, 3.05) is 0 Å². The largest absolute Gasteiger partial charge is 0.282 e. The average Bonchev–Trinajstić information content (AvgIpc) is 3.20. The zero-order valence-corrected chi connectivity index (χ0v) is 15.5. The Labute approximate surface area is 145 Å². The number of aromatic nitrogens is 4. The van der Waals surface area contributed by atoms with Gasteiger partial charge in [0.2, 0.25) is 0 Å². The van der Waals surface area contributed by atoms with Crippen molar-refractivity contribution in [3.05, 3.63) is 34.4 Å². The zero-order chi connectivity index (χ0) is 16.9. The number of aromatic amines is 1. The highest BCUT2D eigenvalue weighted by Crippen LogP contribution is 2.40. The minimum absolute atomic E-state index is 0.127. The topological polar surface area (TPSA) is 46.5 Å². The smallest absolute Gasteiger partial charge is 0.0710 e. The van der Waals surface area contributed by atoms with Gasteiger partial charge in [-0.25, -0.2) is 0 Å². The lowest BCUT2D eigenvalue weighted by atomic mass is 9.78. The Balaban J connectivity index is 1.54. The molecule has 2 atom stereocenters. The van der Waals surface area contributed by atoms with Crippen LogP contribution in [-0.4, -0.2) is 20.0 Å². The fourth-order valence-electron chi connectivity index (χ4n) is 4.57. The number of fused-ring (bicyclic) bond motifs is 2. The number of rotatable bonds is 3. The van der Waals surface area contributed by atoms with E-state index in [0.717, 1.165) is 6.54 Å². The third-order valence-electron chi connectivity index (χ3n) is 5.83. The van der Waals surface area contributed by atoms with Crippen LogP contribution in [0.25, 0.3) is 0 Å². The third kappa shape index (κ3) is 2.70. The average molecular weight is 326 g/mol. The van der Waals surface area contributed by atoms with Crippen molar-refractivity contribution >= 4 is 0 Å². The standard InChI is InChI=1S/C20H30N4/c1-13(17-12-15-8-6-10-24(15)23-17)11-14-7-5-9-16-18(14)21-22-19(16)20(2,3)4/h12-14H,5-11H2,1-4H3,(H,21,22). The Bertz CT molecular complexity index is 710. The summed E-state index contributed by atoms with van der Waals surface area (Å²) in [4.78, 5) is 0. The maximum absolute atomic E-state index is 4.85. The molecule has 2 aromatic heterocycles. The highest BCUT2D eigenvalue weighted by atomic mass is 15.3. The number of aryl methyl sites for hydroxylation is 2. The van der Waals surface area contributed by atoms with Gasteiger partial charge in [0.15, 0.2) is 0 Å². The molecule has 0 aromatic carbocycles. The lowest BCUT2D eigenvalue weighted by molar-refractivity contribution is 0.465. The summed E-state index contributed by atoms with van der Waals surface area (Å²) in [6.45, 7) is 10.2. The minimum atomic E-state index is 0.127. The first kappa shape index (κ1) is 15.9. The quantitative estimate of drug-likeness (QED) is 0.905. The molecule has 4 heteroatoms. The maximum atomic E-state index is 4.85. The van der Waals surface area contributed by atoms with Crippen LogP contribution in [0, 0.1) is 0 Å². The molecular formula is C20H30N4. The van der Waals surface area contributed by atoms with Crippen LogP contribution in [0.1, 0.15) is 93.6 Å². The summed E-state index contributed by atoms with van der Waals surface area (Å²) < 4.78 is 2.21. The SMILES string of the molecule is CC(CC1CCCc2c(C(C)(C)C)n[nH]c21)c1cc2n(n1)CCC2. The van der Waals surface area contributed by atoms with E-state index in [-0.39, 0.29) is 5.41 Å². The van der Waals surface area contributed by atoms with Gasteiger partial charge in [0, 0.05) is 35.2 Å². The van der Waals surface area contributed by atoms with Crippen LogP contribution in [0.2, 0.25) is 0 Å². The molecule has 1 N–H and O–H groups in total. The number of hydrogen-bond acceptors (Lipinski definition) is 2. The van der Waals surface area contributed by atoms with Crippen molar-refractivity contribution in [2.45, 2.75) is 90.0 Å². The second-order valence-electron chi connectivity index (χ2n) is 8.83. The van der Waals surface area contributed by atoms with E-state index in [9.17, 15) is 0 Å². The lowest BCUT2D eigenvalue weighted by Gasteiger charge is -2.26. The van der Waals surface area contributed by atoms with Crippen LogP contribution in [-0.2, 0) is 24.8 Å². The third-order valence-corrected chi connectivity index (χ3v) is 5.83. The van der Waals surface area contributed by atoms with Crippen LogP contribution in [0.3, 0.4) is 0 Å². The molecule has 2 aliphatic rings. The van der Waals surface area contributed by atoms with Crippen LogP contribution in [0.15, 0.2) is 6.07 Å². The maximum Gasteiger partial charge on any atom is 0.0710 e. The van der Waals surface area contributed by atoms with Gasteiger partial charge in [-0.05, 0) is 50.2 Å². The molecule has 3 heterocycles. The summed E-state index contributed by atoms with van der Waals surface area (Å²) >= 11 is 0. The normalized spacial score (nSPS) is 21.6. The fourth-order valence-corrected chi connectivity index (χ4v) is 4.57. The van der Waals surface area contributed by atoms with E-state index in [1.165, 1.54) is 66.9 Å². The highest BCUT2D eigenvalue weighted by molar-refractivity contribution is 5.34. The molecule has 0 saturated carbocycles. The Kier molecular flexibility index (Phi) is 3.81. The van der Waals surface area contributed by atoms with Crippen molar-refractivity contribution in [3.63, 3.8) is 0 Å². The lowest BCUT2D eigenvalue weighted by Crippen LogP contribution is -2.17. The van der Waals surface area contributed by atoms with E-state index in [0.29, 0.717) is 11.8 Å². The predicted molar refractivity (Wildman–Crippen MR) is 96.5 cm³/mol. The fraction of sp³-hybridized carbons (Fsp3) is 0.700. The molecule has 4 nitrogen and oxygen atoms in total. The first-order chi connectivity index (χ1) is 11.4. The van der Waals surface area contributed by atoms with Crippen molar-refractivity contribution in [1.29, 1.82) is 0 Å². The molecule has 24 heavy (non-hydrogen) atoms. The van der Waals surface area contributed by atoms with Crippen LogP contribution in [0.5, 0.6) is 0 Å². The molecule has 0 radical (unpaired) electrons. The summed E-state index contributed by atoms with van der Waals surface area (Å²) in [6, 6.07) is 2.34. The summed E-state index contributed by atoms with van der Waals surface area (Å²) in [5.74, 6) is 1.12. The summed E-state index contributed by atoms with van der Waals surface area (Å²) in [5.41, 5.74) is 7.02. The summed E-state index contributed by atoms with van der Waals surface area (Å²) in [5, 5.41) is 12.9. The second-order valence-corrected chi connectivity index (χ2v) is 8.83. The molecule has 1 aliphatic carbocycles. The molecule has 2 unspecified atom stereocenters. The first-order valence-corrected chi connectivity index (χ1v) is 9.57. The Hall–Kier alpha value is -1.58. The number of nitrogens with one attached hydrogen (secondary N) is 1. The molecular weight excluding hydrogens is 296 g/mol. The van der Waals surface area contributed by atoms with Crippen molar-refractivity contribution in [1.82, 2.24) is 20.0 Å². The number of H-pyrrole nitrogens is 1. The first-order valence-electron chi connectivity index (χ1n) is 9.57. The van der Waals surface area contributed by atoms with Gasteiger partial charge in [-0.15, -0.1) is 0 Å². The Morgan fingerprint density at radius 2 is 2.12 bits per heavy atom. The van der Waals surface area contributed by atoms with Gasteiger partial charge >= 0.3 is 0 Å². The van der Waals surface area contributed by atoms with Crippen molar-refractivity contribution in [3.8, 4) is 0 Å². The zero-order valence-electron chi connectivity index (χ0n) is 15.5. The van der Waals surface area contributed by atoms with E-state index >= 15 is 0 Å². The van der Waals surface area contributed by atoms with Gasteiger partial charge in [0.25, 0.3) is 0 Å². The molecule has 2 aromatic rings. The van der Waals surface area contributed by atoms with Gasteiger partial charge in [0.1, 0.15) is 0 Å². The molecule has 0 fully saturated rings. The van der Waals surface area contributed by atoms with Crippen LogP contribution >= 0.6 is 0 Å². The van der Waals surface area contributed by atoms with E-state index in [1.807, 2.05) is 0 Å². The number of hydrogen-bond donors (Lipinski definition) is 1. The molecule has 4 rings (SSSR count). The van der Waals surface area contributed by atoms with E-state index < -0.39 is 0 Å². The van der Waals surface area contributed by atoms with Gasteiger partial charge in [-0.3, -0.25) is 9.78 Å². The van der Waals surface area contributed by atoms with E-state index in [1.54, 1.807) is 0 Å². The Morgan fingerprint density at radius 1 is 1.29 bits per heavy atom. The van der Waals surface area contributed by atoms with Crippen LogP contribution in [0.4, 0.5) is 0 Å². The van der Waals surface area contributed by atoms with Gasteiger partial charge < -0.3 is 0 Å². The van der Waals surface area contributed by atoms with Crippen molar-refractivity contribution in [2.24, 2.45) is 0 Å². The van der Waals surface area contributed by atoms with E-state index in [4.69, 9.17) is 10.2 Å². The monoisotopic (exact) mass is 326 g/mol. The minimum Gasteiger partial charge on any atom is -0.282 e. The van der Waals surface area contributed by atoms with Gasteiger partial charge in [-0.1, -0.05) is 27.7 Å². The molecule has 1 aliphatic heterocycles. The summed E-state index contributed by atoms with van der Waals surface area (Å²) in [6.07, 6.45) is 7.37. The molecule has 0 amide bonds. The molecule has 0 bridgehead atoms. The number of nitrogens with zero attached hydrogens (tertiary/aromatic N) is 3. The highest BCUT2D eigenvalue weighted by Gasteiger charge is 2.31. The Morgan fingerprint density at radius 3 is 2.88 bits per heavy atom. The molecule has 0 spiro atoms. The van der Waals surface area contributed by atoms with Gasteiger partial charge in [-0.2, -0.15) is 10.2 Å². The second kappa shape index (κ2) is 5.75. The predicted octanol–water partition coefficient (Wildman–Crippen LogP) is 4.46. The van der Waals surface area contributed by atoms with E-state index in [2.05, 4.69) is 43.5 Å². The van der Waals surface area contributed by atoms with Gasteiger partial charge in [0.05, 0.1) is 11.4 Å². The van der Waals surface area contributed by atoms with Crippen LogP contribution < -0.4 is 0 Å².